The zero-order chi connectivity index (χ0) is 23.2. The van der Waals surface area contributed by atoms with E-state index >= 15 is 0 Å². The highest BCUT2D eigenvalue weighted by Gasteiger charge is 2.68. The third-order valence-electron chi connectivity index (χ3n) is 5.67. The Labute approximate surface area is 185 Å². The van der Waals surface area contributed by atoms with Gasteiger partial charge in [0.2, 0.25) is 5.91 Å². The Hall–Kier alpha value is -4.02. The Bertz CT molecular complexity index is 1350. The van der Waals surface area contributed by atoms with Crippen LogP contribution >= 0.6 is 0 Å². The van der Waals surface area contributed by atoms with E-state index < -0.39 is 17.5 Å². The van der Waals surface area contributed by atoms with Gasteiger partial charge in [-0.3, -0.25) is 9.36 Å². The number of carbonyl (C=O) groups excluding carboxylic acids is 1. The van der Waals surface area contributed by atoms with Crippen LogP contribution in [0.5, 0.6) is 5.75 Å². The van der Waals surface area contributed by atoms with E-state index in [1.165, 1.54) is 19.5 Å². The van der Waals surface area contributed by atoms with Crippen LogP contribution in [0.25, 0.3) is 28.1 Å². The van der Waals surface area contributed by atoms with Crippen molar-refractivity contribution in [2.75, 3.05) is 12.4 Å². The first-order valence-electron chi connectivity index (χ1n) is 10.00. The lowest BCUT2D eigenvalue weighted by molar-refractivity contribution is -0.189. The van der Waals surface area contributed by atoms with E-state index in [4.69, 9.17) is 4.74 Å². The van der Waals surface area contributed by atoms with Crippen molar-refractivity contribution in [1.82, 2.24) is 24.5 Å². The average molecular weight is 454 g/mol. The van der Waals surface area contributed by atoms with Gasteiger partial charge in [-0.2, -0.15) is 13.2 Å². The summed E-state index contributed by atoms with van der Waals surface area (Å²) in [7, 11) is 1.34. The fourth-order valence-electron chi connectivity index (χ4n) is 3.66. The molecule has 1 aliphatic carbocycles. The summed E-state index contributed by atoms with van der Waals surface area (Å²) in [6.45, 7) is 0. The molecule has 3 heterocycles. The van der Waals surface area contributed by atoms with Crippen LogP contribution in [0, 0.1) is 5.41 Å². The van der Waals surface area contributed by atoms with Crippen LogP contribution in [0.1, 0.15) is 12.8 Å². The van der Waals surface area contributed by atoms with Gasteiger partial charge in [0.1, 0.15) is 23.0 Å². The van der Waals surface area contributed by atoms with Crippen molar-refractivity contribution in [2.24, 2.45) is 5.41 Å². The molecule has 4 aromatic rings. The summed E-state index contributed by atoms with van der Waals surface area (Å²) in [4.78, 5) is 29.7. The number of rotatable bonds is 5. The summed E-state index contributed by atoms with van der Waals surface area (Å²) in [5.41, 5.74) is 0.112. The number of aromatic nitrogens is 5. The van der Waals surface area contributed by atoms with Crippen molar-refractivity contribution in [3.8, 4) is 22.8 Å². The van der Waals surface area contributed by atoms with Crippen LogP contribution < -0.4 is 10.1 Å². The Morgan fingerprint density at radius 2 is 1.94 bits per heavy atom. The largest absolute Gasteiger partial charge is 0.493 e. The number of nitrogens with one attached hydrogen (secondary N) is 1. The fraction of sp³-hybridized carbons (Fsp3) is 0.227. The summed E-state index contributed by atoms with van der Waals surface area (Å²) in [6, 6.07) is 10.9. The van der Waals surface area contributed by atoms with E-state index in [0.29, 0.717) is 16.9 Å². The first-order chi connectivity index (χ1) is 15.8. The molecule has 3 aromatic heterocycles. The highest BCUT2D eigenvalue weighted by Crippen LogP contribution is 2.58. The van der Waals surface area contributed by atoms with Gasteiger partial charge in [0, 0.05) is 11.8 Å². The molecule has 0 unspecified atom stereocenters. The predicted octanol–water partition coefficient (Wildman–Crippen LogP) is 4.17. The van der Waals surface area contributed by atoms with Crippen LogP contribution in [0.15, 0.2) is 55.2 Å². The minimum absolute atomic E-state index is 0.0926. The normalized spacial score (nSPS) is 14.8. The maximum absolute atomic E-state index is 13.4. The van der Waals surface area contributed by atoms with E-state index in [9.17, 15) is 18.0 Å². The van der Waals surface area contributed by atoms with E-state index in [1.54, 1.807) is 17.1 Å². The van der Waals surface area contributed by atoms with Crippen molar-refractivity contribution >= 4 is 22.8 Å². The van der Waals surface area contributed by atoms with Crippen LogP contribution in [0.4, 0.5) is 19.0 Å². The second-order valence-electron chi connectivity index (χ2n) is 7.65. The van der Waals surface area contributed by atoms with Gasteiger partial charge in [0.15, 0.2) is 11.6 Å². The standard InChI is InChI=1S/C22H17F3N6O2/c1-33-16-9-14-17(29-19(16)30-20(32)21(7-8-21)22(23,24)25)18(28-11-27-14)15-10-26-12-31(15)13-5-3-2-4-6-13/h2-6,9-12H,7-8H2,1H3,(H,29,30,32). The number of hydrogen-bond acceptors (Lipinski definition) is 6. The molecular formula is C22H17F3N6O2. The smallest absolute Gasteiger partial charge is 0.403 e. The molecule has 1 fully saturated rings. The van der Waals surface area contributed by atoms with Crippen LogP contribution in [0.2, 0.25) is 0 Å². The molecule has 8 nitrogen and oxygen atoms in total. The van der Waals surface area contributed by atoms with Crippen LogP contribution in [0.3, 0.4) is 0 Å². The number of halogens is 3. The number of nitrogens with zero attached hydrogens (tertiary/aromatic N) is 5. The lowest BCUT2D eigenvalue weighted by Gasteiger charge is -2.19. The lowest BCUT2D eigenvalue weighted by atomic mass is 10.1. The number of pyridine rings is 1. The number of alkyl halides is 3. The zero-order valence-corrected chi connectivity index (χ0v) is 17.3. The Kier molecular flexibility index (Phi) is 4.76. The monoisotopic (exact) mass is 454 g/mol. The van der Waals surface area contributed by atoms with Gasteiger partial charge < -0.3 is 10.1 Å². The van der Waals surface area contributed by atoms with Gasteiger partial charge in [-0.1, -0.05) is 18.2 Å². The predicted molar refractivity (Wildman–Crippen MR) is 113 cm³/mol. The molecule has 0 bridgehead atoms. The fourth-order valence-corrected chi connectivity index (χ4v) is 3.66. The van der Waals surface area contributed by atoms with Crippen molar-refractivity contribution < 1.29 is 22.7 Å². The number of methoxy groups -OCH3 is 1. The first kappa shape index (κ1) is 20.9. The highest BCUT2D eigenvalue weighted by molar-refractivity contribution is 6.00. The lowest BCUT2D eigenvalue weighted by Crippen LogP contribution is -2.37. The van der Waals surface area contributed by atoms with Gasteiger partial charge >= 0.3 is 6.18 Å². The topological polar surface area (TPSA) is 94.8 Å². The van der Waals surface area contributed by atoms with Gasteiger partial charge in [-0.05, 0) is 25.0 Å². The molecule has 1 aliphatic rings. The summed E-state index contributed by atoms with van der Waals surface area (Å²) in [5.74, 6) is -1.20. The number of anilines is 1. The van der Waals surface area contributed by atoms with Crippen molar-refractivity contribution in [3.63, 3.8) is 0 Å². The van der Waals surface area contributed by atoms with E-state index in [-0.39, 0.29) is 29.9 Å². The van der Waals surface area contributed by atoms with Gasteiger partial charge in [0.25, 0.3) is 0 Å². The van der Waals surface area contributed by atoms with Gasteiger partial charge in [-0.25, -0.2) is 19.9 Å². The van der Waals surface area contributed by atoms with Crippen molar-refractivity contribution in [3.05, 3.63) is 55.2 Å². The first-order valence-corrected chi connectivity index (χ1v) is 10.00. The number of carbonyl (C=O) groups is 1. The molecule has 1 saturated carbocycles. The summed E-state index contributed by atoms with van der Waals surface area (Å²) in [6.07, 6.45) is -0.599. The molecule has 5 rings (SSSR count). The second kappa shape index (κ2) is 7.54. The molecule has 0 saturated heterocycles. The molecule has 0 atom stereocenters. The number of ether oxygens (including phenoxy) is 1. The Balaban J connectivity index is 1.61. The number of benzene rings is 1. The second-order valence-corrected chi connectivity index (χ2v) is 7.65. The number of para-hydroxylation sites is 1. The number of fused-ring (bicyclic) bond motifs is 1. The highest BCUT2D eigenvalue weighted by atomic mass is 19.4. The quantitative estimate of drug-likeness (QED) is 0.487. The number of hydrogen-bond donors (Lipinski definition) is 1. The molecule has 0 spiro atoms. The SMILES string of the molecule is COc1cc2ncnc(-c3cncn3-c3ccccc3)c2nc1NC(=O)C1(C(F)(F)F)CC1. The molecule has 1 aromatic carbocycles. The number of imidazole rings is 1. The zero-order valence-electron chi connectivity index (χ0n) is 17.3. The number of amides is 1. The molecule has 0 radical (unpaired) electrons. The van der Waals surface area contributed by atoms with E-state index in [2.05, 4.69) is 25.3 Å². The van der Waals surface area contributed by atoms with Gasteiger partial charge in [0.05, 0.1) is 30.8 Å². The molecular weight excluding hydrogens is 437 g/mol. The molecule has 1 N–H and O–H groups in total. The maximum atomic E-state index is 13.4. The van der Waals surface area contributed by atoms with Gasteiger partial charge in [-0.15, -0.1) is 0 Å². The summed E-state index contributed by atoms with van der Waals surface area (Å²) >= 11 is 0. The molecule has 11 heteroatoms. The van der Waals surface area contributed by atoms with Crippen molar-refractivity contribution in [2.45, 2.75) is 19.0 Å². The average Bonchev–Trinajstić information content (AvgIpc) is 3.51. The summed E-state index contributed by atoms with van der Waals surface area (Å²) in [5, 5.41) is 2.31. The third-order valence-corrected chi connectivity index (χ3v) is 5.67. The van der Waals surface area contributed by atoms with Crippen LogP contribution in [-0.4, -0.2) is 43.7 Å². The summed E-state index contributed by atoms with van der Waals surface area (Å²) < 4.78 is 47.3. The molecule has 0 aliphatic heterocycles. The molecule has 1 amide bonds. The minimum atomic E-state index is -4.64. The third kappa shape index (κ3) is 3.45. The van der Waals surface area contributed by atoms with Crippen molar-refractivity contribution in [1.29, 1.82) is 0 Å². The van der Waals surface area contributed by atoms with E-state index in [0.717, 1.165) is 5.69 Å². The Morgan fingerprint density at radius 3 is 2.61 bits per heavy atom. The van der Waals surface area contributed by atoms with E-state index in [1.807, 2.05) is 30.3 Å². The molecule has 33 heavy (non-hydrogen) atoms. The maximum Gasteiger partial charge on any atom is 0.403 e. The molecule has 168 valence electrons. The Morgan fingerprint density at radius 1 is 1.18 bits per heavy atom. The van der Waals surface area contributed by atoms with Crippen LogP contribution in [-0.2, 0) is 4.79 Å². The minimum Gasteiger partial charge on any atom is -0.493 e.